The van der Waals surface area contributed by atoms with Crippen LogP contribution in [0.3, 0.4) is 0 Å². The van der Waals surface area contributed by atoms with Gasteiger partial charge < -0.3 is 9.64 Å². The van der Waals surface area contributed by atoms with Crippen LogP contribution in [-0.4, -0.2) is 5.60 Å². The Balaban J connectivity index is 2.23. The predicted octanol–water partition coefficient (Wildman–Crippen LogP) is 5.83. The van der Waals surface area contributed by atoms with E-state index in [9.17, 15) is 0 Å². The average molecular weight is 309 g/mol. The van der Waals surface area contributed by atoms with Crippen LogP contribution in [-0.2, 0) is 0 Å². The third kappa shape index (κ3) is 3.21. The zero-order valence-electron chi connectivity index (χ0n) is 15.1. The molecule has 0 aromatic heterocycles. The third-order valence-electron chi connectivity index (χ3n) is 4.14. The van der Waals surface area contributed by atoms with Crippen molar-refractivity contribution < 1.29 is 4.74 Å². The van der Waals surface area contributed by atoms with Gasteiger partial charge in [-0.1, -0.05) is 43.7 Å². The molecule has 2 aliphatic rings. The van der Waals surface area contributed by atoms with Gasteiger partial charge in [0.15, 0.2) is 0 Å². The molecule has 0 radical (unpaired) electrons. The van der Waals surface area contributed by atoms with Crippen LogP contribution in [0, 0.1) is 5.41 Å². The summed E-state index contributed by atoms with van der Waals surface area (Å²) in [6.07, 6.45) is 7.88. The molecule has 1 aromatic rings. The second-order valence-corrected chi connectivity index (χ2v) is 8.09. The van der Waals surface area contributed by atoms with Crippen molar-refractivity contribution in [3.63, 3.8) is 0 Å². The Morgan fingerprint density at radius 1 is 1.09 bits per heavy atom. The average Bonchev–Trinajstić information content (AvgIpc) is 2.47. The number of fused-ring (bicyclic) bond motifs is 3. The van der Waals surface area contributed by atoms with Crippen molar-refractivity contribution in [2.45, 2.75) is 53.6 Å². The van der Waals surface area contributed by atoms with E-state index in [4.69, 9.17) is 4.74 Å². The van der Waals surface area contributed by atoms with E-state index in [1.165, 1.54) is 17.0 Å². The van der Waals surface area contributed by atoms with Crippen molar-refractivity contribution in [1.29, 1.82) is 0 Å². The summed E-state index contributed by atoms with van der Waals surface area (Å²) in [4.78, 5) is 2.36. The predicted molar refractivity (Wildman–Crippen MR) is 97.6 cm³/mol. The first-order valence-corrected chi connectivity index (χ1v) is 8.35. The van der Waals surface area contributed by atoms with Gasteiger partial charge in [0.05, 0.1) is 5.69 Å². The molecule has 0 saturated heterocycles. The lowest BCUT2D eigenvalue weighted by Gasteiger charge is -2.36. The fourth-order valence-corrected chi connectivity index (χ4v) is 3.47. The first-order valence-electron chi connectivity index (χ1n) is 8.35. The van der Waals surface area contributed by atoms with Crippen molar-refractivity contribution in [3.8, 4) is 5.75 Å². The van der Waals surface area contributed by atoms with Crippen molar-refractivity contribution in [1.82, 2.24) is 0 Å². The lowest BCUT2D eigenvalue weighted by atomic mass is 9.85. The minimum Gasteiger partial charge on any atom is -0.485 e. The molecule has 0 amide bonds. The molecule has 2 aliphatic heterocycles. The lowest BCUT2D eigenvalue weighted by Crippen LogP contribution is -2.32. The Morgan fingerprint density at radius 3 is 2.48 bits per heavy atom. The van der Waals surface area contributed by atoms with Gasteiger partial charge in [-0.15, -0.1) is 0 Å². The molecule has 0 spiro atoms. The number of ether oxygens (including phenoxy) is 1. The van der Waals surface area contributed by atoms with Gasteiger partial charge in [-0.2, -0.15) is 0 Å². The van der Waals surface area contributed by atoms with Crippen LogP contribution in [0.25, 0.3) is 0 Å². The first kappa shape index (κ1) is 15.9. The van der Waals surface area contributed by atoms with Gasteiger partial charge in [0.2, 0.25) is 0 Å². The summed E-state index contributed by atoms with van der Waals surface area (Å²) in [5, 5.41) is 0. The monoisotopic (exact) mass is 309 g/mol. The molecule has 23 heavy (non-hydrogen) atoms. The number of para-hydroxylation sites is 2. The topological polar surface area (TPSA) is 12.5 Å². The molecule has 0 unspecified atom stereocenters. The summed E-state index contributed by atoms with van der Waals surface area (Å²) in [5.74, 6) is 0.952. The molecule has 1 aromatic carbocycles. The van der Waals surface area contributed by atoms with E-state index in [2.05, 4.69) is 82.9 Å². The highest BCUT2D eigenvalue weighted by Gasteiger charge is 2.35. The second kappa shape index (κ2) is 5.30. The number of anilines is 1. The Hall–Kier alpha value is -1.96. The van der Waals surface area contributed by atoms with Crippen molar-refractivity contribution >= 4 is 5.69 Å². The molecule has 0 aliphatic carbocycles. The van der Waals surface area contributed by atoms with Gasteiger partial charge in [-0.05, 0) is 45.9 Å². The van der Waals surface area contributed by atoms with E-state index in [0.717, 1.165) is 17.9 Å². The van der Waals surface area contributed by atoms with E-state index >= 15 is 0 Å². The molecular weight excluding hydrogens is 282 g/mol. The SMILES string of the molecule is CC(C)=CC1=CC(C)(C)C=C2CC(C)(C)Oc3ccccc3N12. The van der Waals surface area contributed by atoms with Crippen molar-refractivity contribution in [3.05, 3.63) is 59.5 Å². The van der Waals surface area contributed by atoms with E-state index in [1.54, 1.807) is 0 Å². The summed E-state index contributed by atoms with van der Waals surface area (Å²) in [6, 6.07) is 8.34. The Labute approximate surface area is 140 Å². The van der Waals surface area contributed by atoms with Gasteiger partial charge in [0.25, 0.3) is 0 Å². The number of benzene rings is 1. The van der Waals surface area contributed by atoms with Gasteiger partial charge in [-0.25, -0.2) is 0 Å². The maximum atomic E-state index is 6.33. The number of hydrogen-bond donors (Lipinski definition) is 0. The minimum absolute atomic E-state index is 0.0441. The van der Waals surface area contributed by atoms with Gasteiger partial charge >= 0.3 is 0 Å². The molecule has 3 rings (SSSR count). The molecule has 0 fully saturated rings. The first-order chi connectivity index (χ1) is 10.7. The molecule has 0 saturated carbocycles. The quantitative estimate of drug-likeness (QED) is 0.647. The highest BCUT2D eigenvalue weighted by atomic mass is 16.5. The molecule has 2 heterocycles. The molecule has 122 valence electrons. The molecule has 0 atom stereocenters. The fraction of sp³-hybridized carbons (Fsp3) is 0.429. The third-order valence-corrected chi connectivity index (χ3v) is 4.14. The minimum atomic E-state index is -0.222. The molecule has 2 heteroatoms. The van der Waals surface area contributed by atoms with Gasteiger partial charge in [0, 0.05) is 23.2 Å². The molecule has 0 N–H and O–H groups in total. The van der Waals surface area contributed by atoms with Crippen molar-refractivity contribution in [2.24, 2.45) is 5.41 Å². The van der Waals surface area contributed by atoms with E-state index in [-0.39, 0.29) is 11.0 Å². The number of rotatable bonds is 1. The molecular formula is C21H27NO. The van der Waals surface area contributed by atoms with Crippen LogP contribution in [0.15, 0.2) is 59.5 Å². The van der Waals surface area contributed by atoms with E-state index < -0.39 is 0 Å². The maximum Gasteiger partial charge on any atom is 0.144 e. The van der Waals surface area contributed by atoms with Crippen LogP contribution in [0.1, 0.15) is 48.0 Å². The highest BCUT2D eigenvalue weighted by Crippen LogP contribution is 2.46. The zero-order valence-corrected chi connectivity index (χ0v) is 15.1. The van der Waals surface area contributed by atoms with Crippen LogP contribution < -0.4 is 9.64 Å². The van der Waals surface area contributed by atoms with Crippen LogP contribution in [0.2, 0.25) is 0 Å². The van der Waals surface area contributed by atoms with E-state index in [1.807, 2.05) is 6.07 Å². The normalized spacial score (nSPS) is 21.0. The summed E-state index contributed by atoms with van der Waals surface area (Å²) in [7, 11) is 0. The van der Waals surface area contributed by atoms with Crippen LogP contribution >= 0.6 is 0 Å². The molecule has 2 nitrogen and oxygen atoms in total. The summed E-state index contributed by atoms with van der Waals surface area (Å²) in [6.45, 7) is 13.2. The number of hydrogen-bond acceptors (Lipinski definition) is 2. The van der Waals surface area contributed by atoms with Crippen molar-refractivity contribution in [2.75, 3.05) is 4.90 Å². The summed E-state index contributed by atoms with van der Waals surface area (Å²) in [5.41, 5.74) is 4.81. The Bertz CT molecular complexity index is 715. The summed E-state index contributed by atoms with van der Waals surface area (Å²) < 4.78 is 6.33. The van der Waals surface area contributed by atoms with Crippen LogP contribution in [0.4, 0.5) is 5.69 Å². The van der Waals surface area contributed by atoms with E-state index in [0.29, 0.717) is 0 Å². The maximum absolute atomic E-state index is 6.33. The molecule has 0 bridgehead atoms. The number of nitrogens with zero attached hydrogens (tertiary/aromatic N) is 1. The fourth-order valence-electron chi connectivity index (χ4n) is 3.47. The Morgan fingerprint density at radius 2 is 1.78 bits per heavy atom. The zero-order chi connectivity index (χ0) is 16.8. The Kier molecular flexibility index (Phi) is 3.66. The standard InChI is InChI=1S/C21H27NO/c1-15(2)11-16-12-20(3,4)13-17-14-21(5,6)23-19-10-8-7-9-18(19)22(16)17/h7-13H,14H2,1-6H3. The summed E-state index contributed by atoms with van der Waals surface area (Å²) >= 11 is 0. The second-order valence-electron chi connectivity index (χ2n) is 8.09. The number of allylic oxidation sites excluding steroid dienone is 4. The van der Waals surface area contributed by atoms with Gasteiger partial charge in [-0.3, -0.25) is 0 Å². The van der Waals surface area contributed by atoms with Gasteiger partial charge in [0.1, 0.15) is 11.4 Å². The van der Waals surface area contributed by atoms with Crippen LogP contribution in [0.5, 0.6) is 5.75 Å². The smallest absolute Gasteiger partial charge is 0.144 e. The highest BCUT2D eigenvalue weighted by molar-refractivity contribution is 5.70. The lowest BCUT2D eigenvalue weighted by molar-refractivity contribution is 0.114. The largest absolute Gasteiger partial charge is 0.485 e.